The highest BCUT2D eigenvalue weighted by atomic mass is 16.5. The van der Waals surface area contributed by atoms with Gasteiger partial charge < -0.3 is 19.5 Å². The van der Waals surface area contributed by atoms with Gasteiger partial charge >= 0.3 is 5.97 Å². The lowest BCUT2D eigenvalue weighted by atomic mass is 10.2. The van der Waals surface area contributed by atoms with E-state index in [0.29, 0.717) is 29.4 Å². The molecule has 0 unspecified atom stereocenters. The summed E-state index contributed by atoms with van der Waals surface area (Å²) in [6.07, 6.45) is 1.81. The van der Waals surface area contributed by atoms with Crippen LogP contribution in [-0.4, -0.2) is 32.2 Å². The number of hydrogen-bond acceptors (Lipinski definition) is 5. The average molecular weight is 357 g/mol. The lowest BCUT2D eigenvalue weighted by Gasteiger charge is -2.09. The molecule has 1 amide bonds. The lowest BCUT2D eigenvalue weighted by molar-refractivity contribution is -0.118. The molecule has 0 saturated heterocycles. The molecule has 2 aromatic rings. The first-order valence-corrected chi connectivity index (χ1v) is 8.46. The van der Waals surface area contributed by atoms with Gasteiger partial charge in [-0.1, -0.05) is 19.4 Å². The molecular formula is C20H23NO5. The summed E-state index contributed by atoms with van der Waals surface area (Å²) in [6, 6.07) is 13.6. The molecule has 1 N–H and O–H groups in total. The molecule has 26 heavy (non-hydrogen) atoms. The quantitative estimate of drug-likeness (QED) is 0.547. The second-order valence-corrected chi connectivity index (χ2v) is 5.58. The van der Waals surface area contributed by atoms with Crippen LogP contribution in [0.25, 0.3) is 0 Å². The van der Waals surface area contributed by atoms with Gasteiger partial charge in [-0.25, -0.2) is 4.79 Å². The Morgan fingerprint density at radius 1 is 1.04 bits per heavy atom. The Kier molecular flexibility index (Phi) is 7.49. The number of nitrogens with one attached hydrogen (secondary N) is 1. The number of anilines is 1. The van der Waals surface area contributed by atoms with Crippen molar-refractivity contribution in [3.63, 3.8) is 0 Å². The van der Waals surface area contributed by atoms with Gasteiger partial charge in [-0.05, 0) is 42.8 Å². The lowest BCUT2D eigenvalue weighted by Crippen LogP contribution is -2.20. The first-order chi connectivity index (χ1) is 12.6. The van der Waals surface area contributed by atoms with E-state index in [1.54, 1.807) is 55.6 Å². The van der Waals surface area contributed by atoms with Gasteiger partial charge in [-0.3, -0.25) is 4.79 Å². The zero-order valence-electron chi connectivity index (χ0n) is 15.0. The molecule has 0 aliphatic heterocycles. The minimum atomic E-state index is -0.363. The van der Waals surface area contributed by atoms with Crippen LogP contribution in [0.2, 0.25) is 0 Å². The second-order valence-electron chi connectivity index (χ2n) is 5.58. The normalized spacial score (nSPS) is 10.1. The van der Waals surface area contributed by atoms with Gasteiger partial charge in [-0.15, -0.1) is 0 Å². The number of carbonyl (C=O) groups excluding carboxylic acids is 2. The fraction of sp³-hybridized carbons (Fsp3) is 0.300. The first-order valence-electron chi connectivity index (χ1n) is 8.46. The molecular weight excluding hydrogens is 334 g/mol. The monoisotopic (exact) mass is 357 g/mol. The third-order valence-electron chi connectivity index (χ3n) is 3.55. The van der Waals surface area contributed by atoms with E-state index in [9.17, 15) is 9.59 Å². The number of ether oxygens (including phenoxy) is 3. The Morgan fingerprint density at radius 2 is 1.77 bits per heavy atom. The Balaban J connectivity index is 1.82. The number of methoxy groups -OCH3 is 1. The molecule has 0 heterocycles. The zero-order valence-corrected chi connectivity index (χ0v) is 15.0. The number of esters is 1. The van der Waals surface area contributed by atoms with Crippen LogP contribution in [0.4, 0.5) is 5.69 Å². The van der Waals surface area contributed by atoms with Crippen LogP contribution in [0.5, 0.6) is 11.5 Å². The van der Waals surface area contributed by atoms with Crippen molar-refractivity contribution < 1.29 is 23.8 Å². The topological polar surface area (TPSA) is 73.9 Å². The smallest absolute Gasteiger partial charge is 0.338 e. The van der Waals surface area contributed by atoms with Gasteiger partial charge in [0.25, 0.3) is 5.91 Å². The molecule has 6 nitrogen and oxygen atoms in total. The highest BCUT2D eigenvalue weighted by molar-refractivity contribution is 5.93. The maximum absolute atomic E-state index is 12.0. The molecule has 0 saturated carbocycles. The van der Waals surface area contributed by atoms with Gasteiger partial charge in [0.1, 0.15) is 11.5 Å². The Labute approximate surface area is 153 Å². The molecule has 2 aromatic carbocycles. The molecule has 0 bridgehead atoms. The summed E-state index contributed by atoms with van der Waals surface area (Å²) < 4.78 is 15.7. The highest BCUT2D eigenvalue weighted by Crippen LogP contribution is 2.19. The van der Waals surface area contributed by atoms with E-state index in [-0.39, 0.29) is 18.5 Å². The summed E-state index contributed by atoms with van der Waals surface area (Å²) in [6.45, 7) is 2.31. The van der Waals surface area contributed by atoms with Crippen molar-refractivity contribution in [3.05, 3.63) is 54.1 Å². The number of hydrogen-bond donors (Lipinski definition) is 1. The molecule has 0 radical (unpaired) electrons. The van der Waals surface area contributed by atoms with E-state index < -0.39 is 0 Å². The number of amides is 1. The van der Waals surface area contributed by atoms with E-state index in [4.69, 9.17) is 14.2 Å². The Bertz CT molecular complexity index is 727. The van der Waals surface area contributed by atoms with E-state index in [1.807, 2.05) is 6.92 Å². The predicted molar refractivity (Wildman–Crippen MR) is 98.8 cm³/mol. The van der Waals surface area contributed by atoms with Gasteiger partial charge in [0.15, 0.2) is 6.61 Å². The number of unbranched alkanes of at least 4 members (excludes halogenated alkanes) is 1. The molecule has 0 fully saturated rings. The fourth-order valence-corrected chi connectivity index (χ4v) is 2.12. The largest absolute Gasteiger partial charge is 0.497 e. The van der Waals surface area contributed by atoms with Crippen LogP contribution in [0, 0.1) is 0 Å². The van der Waals surface area contributed by atoms with Crippen molar-refractivity contribution >= 4 is 17.6 Å². The minimum Gasteiger partial charge on any atom is -0.497 e. The van der Waals surface area contributed by atoms with Crippen LogP contribution >= 0.6 is 0 Å². The first kappa shape index (κ1) is 19.3. The summed E-state index contributed by atoms with van der Waals surface area (Å²) in [5.41, 5.74) is 1.03. The summed E-state index contributed by atoms with van der Waals surface area (Å²) >= 11 is 0. The maximum atomic E-state index is 12.0. The summed E-state index contributed by atoms with van der Waals surface area (Å²) in [5.74, 6) is 0.540. The number of carbonyl (C=O) groups is 2. The maximum Gasteiger partial charge on any atom is 0.338 e. The standard InChI is InChI=1S/C20H23NO5/c1-3-4-12-25-20(23)15-8-10-16(11-9-15)21-19(22)14-26-18-7-5-6-17(13-18)24-2/h5-11,13H,3-4,12,14H2,1-2H3,(H,21,22). The van der Waals surface area contributed by atoms with Crippen LogP contribution in [0.1, 0.15) is 30.1 Å². The molecule has 2 rings (SSSR count). The SMILES string of the molecule is CCCCOC(=O)c1ccc(NC(=O)COc2cccc(OC)c2)cc1. The second kappa shape index (κ2) is 10.1. The van der Waals surface area contributed by atoms with Crippen molar-refractivity contribution in [1.82, 2.24) is 0 Å². The van der Waals surface area contributed by atoms with Crippen molar-refractivity contribution in [1.29, 1.82) is 0 Å². The van der Waals surface area contributed by atoms with Crippen molar-refractivity contribution in [2.24, 2.45) is 0 Å². The molecule has 0 aromatic heterocycles. The van der Waals surface area contributed by atoms with E-state index in [2.05, 4.69) is 5.32 Å². The fourth-order valence-electron chi connectivity index (χ4n) is 2.12. The van der Waals surface area contributed by atoms with Crippen LogP contribution < -0.4 is 14.8 Å². The number of benzene rings is 2. The van der Waals surface area contributed by atoms with Crippen molar-refractivity contribution in [2.45, 2.75) is 19.8 Å². The molecule has 0 spiro atoms. The van der Waals surface area contributed by atoms with Gasteiger partial charge in [0, 0.05) is 11.8 Å². The van der Waals surface area contributed by atoms with E-state index in [1.165, 1.54) is 0 Å². The third kappa shape index (κ3) is 6.12. The Hall–Kier alpha value is -3.02. The zero-order chi connectivity index (χ0) is 18.8. The van der Waals surface area contributed by atoms with Gasteiger partial charge in [0.2, 0.25) is 0 Å². The predicted octanol–water partition coefficient (Wildman–Crippen LogP) is 3.67. The highest BCUT2D eigenvalue weighted by Gasteiger charge is 2.08. The van der Waals surface area contributed by atoms with Crippen LogP contribution in [-0.2, 0) is 9.53 Å². The van der Waals surface area contributed by atoms with E-state index >= 15 is 0 Å². The minimum absolute atomic E-state index is 0.131. The van der Waals surface area contributed by atoms with Crippen LogP contribution in [0.15, 0.2) is 48.5 Å². The van der Waals surface area contributed by atoms with Gasteiger partial charge in [0.05, 0.1) is 19.3 Å². The Morgan fingerprint density at radius 3 is 2.46 bits per heavy atom. The van der Waals surface area contributed by atoms with Gasteiger partial charge in [-0.2, -0.15) is 0 Å². The molecule has 0 aliphatic carbocycles. The molecule has 0 atom stereocenters. The summed E-state index contributed by atoms with van der Waals surface area (Å²) in [4.78, 5) is 23.8. The summed E-state index contributed by atoms with van der Waals surface area (Å²) in [7, 11) is 1.56. The van der Waals surface area contributed by atoms with Crippen LogP contribution in [0.3, 0.4) is 0 Å². The molecule has 0 aliphatic rings. The average Bonchev–Trinajstić information content (AvgIpc) is 2.67. The van der Waals surface area contributed by atoms with Crippen molar-refractivity contribution in [3.8, 4) is 11.5 Å². The summed E-state index contributed by atoms with van der Waals surface area (Å²) in [5, 5.41) is 2.71. The third-order valence-corrected chi connectivity index (χ3v) is 3.55. The van der Waals surface area contributed by atoms with E-state index in [0.717, 1.165) is 12.8 Å². The number of rotatable bonds is 9. The molecule has 138 valence electrons. The molecule has 6 heteroatoms. The van der Waals surface area contributed by atoms with Crippen molar-refractivity contribution in [2.75, 3.05) is 25.6 Å².